The maximum atomic E-state index is 11.9. The number of pyridine rings is 1. The minimum absolute atomic E-state index is 0.152. The topological polar surface area (TPSA) is 30.0 Å². The second-order valence-electron chi connectivity index (χ2n) is 6.71. The van der Waals surface area contributed by atoms with E-state index in [4.69, 9.17) is 16.6 Å². The van der Waals surface area contributed by atoms with Gasteiger partial charge in [0, 0.05) is 27.4 Å². The van der Waals surface area contributed by atoms with E-state index in [0.29, 0.717) is 5.56 Å². The molecule has 3 aromatic rings. The third-order valence-corrected chi connectivity index (χ3v) is 4.21. The molecule has 2 aromatic carbocycles. The van der Waals surface area contributed by atoms with E-state index in [1.165, 1.54) is 0 Å². The van der Waals surface area contributed by atoms with Crippen LogP contribution in [0.2, 0.25) is 0 Å². The summed E-state index contributed by atoms with van der Waals surface area (Å²) < 4.78 is 0. The van der Waals surface area contributed by atoms with Crippen LogP contribution in [-0.4, -0.2) is 10.2 Å². The Morgan fingerprint density at radius 2 is 1.68 bits per heavy atom. The van der Waals surface area contributed by atoms with E-state index in [-0.39, 0.29) is 5.41 Å². The molecule has 0 spiro atoms. The summed E-state index contributed by atoms with van der Waals surface area (Å²) in [6.07, 6.45) is 0. The highest BCUT2D eigenvalue weighted by Crippen LogP contribution is 2.33. The standard InChI is InChI=1S/C19H18ClNO/c1-11-9-14-15(18(20)22)10-16(19(2,3)4)21-17(14)13-8-6-5-7-12(11)13/h5-10H,1-4H3. The van der Waals surface area contributed by atoms with E-state index in [9.17, 15) is 4.79 Å². The van der Waals surface area contributed by atoms with Crippen LogP contribution in [0.1, 0.15) is 42.4 Å². The van der Waals surface area contributed by atoms with E-state index in [2.05, 4.69) is 26.8 Å². The summed E-state index contributed by atoms with van der Waals surface area (Å²) in [5.41, 5.74) is 3.22. The van der Waals surface area contributed by atoms with Gasteiger partial charge in [-0.05, 0) is 41.6 Å². The molecule has 0 fully saturated rings. The Hall–Kier alpha value is -1.93. The van der Waals surface area contributed by atoms with Crippen LogP contribution in [0.3, 0.4) is 0 Å². The molecule has 0 bridgehead atoms. The number of aryl methyl sites for hydroxylation is 1. The van der Waals surface area contributed by atoms with Gasteiger partial charge >= 0.3 is 0 Å². The molecule has 0 unspecified atom stereocenters. The molecule has 0 amide bonds. The van der Waals surface area contributed by atoms with Crippen molar-refractivity contribution in [2.24, 2.45) is 0 Å². The predicted molar refractivity (Wildman–Crippen MR) is 92.9 cm³/mol. The van der Waals surface area contributed by atoms with Gasteiger partial charge in [0.05, 0.1) is 5.52 Å². The molecule has 0 atom stereocenters. The Labute approximate surface area is 135 Å². The highest BCUT2D eigenvalue weighted by atomic mass is 35.5. The number of halogens is 1. The van der Waals surface area contributed by atoms with Crippen LogP contribution in [-0.2, 0) is 5.41 Å². The van der Waals surface area contributed by atoms with E-state index < -0.39 is 5.24 Å². The fraction of sp³-hybridized carbons (Fsp3) is 0.263. The minimum Gasteiger partial charge on any atom is -0.276 e. The Balaban J connectivity index is 2.55. The Morgan fingerprint density at radius 3 is 2.27 bits per heavy atom. The van der Waals surface area contributed by atoms with Crippen molar-refractivity contribution in [1.82, 2.24) is 4.98 Å². The fourth-order valence-corrected chi connectivity index (χ4v) is 2.94. The average Bonchev–Trinajstić information content (AvgIpc) is 2.45. The average molecular weight is 312 g/mol. The molecule has 0 aliphatic heterocycles. The third-order valence-electron chi connectivity index (χ3n) is 4.01. The summed E-state index contributed by atoms with van der Waals surface area (Å²) in [5, 5.41) is 2.60. The number of hydrogen-bond donors (Lipinski definition) is 0. The van der Waals surface area contributed by atoms with Gasteiger partial charge in [-0.1, -0.05) is 45.0 Å². The van der Waals surface area contributed by atoms with Crippen molar-refractivity contribution in [2.45, 2.75) is 33.1 Å². The summed E-state index contributed by atoms with van der Waals surface area (Å²) in [6.45, 7) is 8.29. The quantitative estimate of drug-likeness (QED) is 0.446. The zero-order valence-electron chi connectivity index (χ0n) is 13.2. The Morgan fingerprint density at radius 1 is 1.05 bits per heavy atom. The molecule has 22 heavy (non-hydrogen) atoms. The predicted octanol–water partition coefficient (Wildman–Crippen LogP) is 5.37. The number of rotatable bonds is 1. The molecule has 0 N–H and O–H groups in total. The Kier molecular flexibility index (Phi) is 3.45. The lowest BCUT2D eigenvalue weighted by molar-refractivity contribution is 0.108. The Bertz CT molecular complexity index is 907. The van der Waals surface area contributed by atoms with Gasteiger partial charge in [-0.15, -0.1) is 0 Å². The first-order valence-corrected chi connectivity index (χ1v) is 7.70. The van der Waals surface area contributed by atoms with Crippen LogP contribution in [0.25, 0.3) is 21.7 Å². The molecular formula is C19H18ClNO. The van der Waals surface area contributed by atoms with Crippen molar-refractivity contribution in [3.8, 4) is 0 Å². The molecule has 1 aromatic heterocycles. The summed E-state index contributed by atoms with van der Waals surface area (Å²) in [4.78, 5) is 16.8. The summed E-state index contributed by atoms with van der Waals surface area (Å²) in [6, 6.07) is 12.0. The van der Waals surface area contributed by atoms with Crippen LogP contribution in [0.4, 0.5) is 0 Å². The van der Waals surface area contributed by atoms with Crippen molar-refractivity contribution in [3.05, 3.63) is 53.2 Å². The maximum Gasteiger partial charge on any atom is 0.253 e. The van der Waals surface area contributed by atoms with Crippen LogP contribution in [0, 0.1) is 6.92 Å². The fourth-order valence-electron chi connectivity index (χ4n) is 2.78. The largest absolute Gasteiger partial charge is 0.276 e. The second kappa shape index (κ2) is 5.06. The molecular weight excluding hydrogens is 294 g/mol. The third kappa shape index (κ3) is 2.38. The van der Waals surface area contributed by atoms with Gasteiger partial charge < -0.3 is 0 Å². The molecule has 0 saturated carbocycles. The summed E-state index contributed by atoms with van der Waals surface area (Å²) in [5.74, 6) is 0. The first kappa shape index (κ1) is 15.0. The van der Waals surface area contributed by atoms with E-state index >= 15 is 0 Å². The van der Waals surface area contributed by atoms with Crippen molar-refractivity contribution in [2.75, 3.05) is 0 Å². The van der Waals surface area contributed by atoms with E-state index in [1.54, 1.807) is 0 Å². The SMILES string of the molecule is Cc1cc2c(C(=O)Cl)cc(C(C)(C)C)nc2c2ccccc12. The highest BCUT2D eigenvalue weighted by Gasteiger charge is 2.21. The molecule has 112 valence electrons. The second-order valence-corrected chi connectivity index (χ2v) is 7.06. The molecule has 0 saturated heterocycles. The lowest BCUT2D eigenvalue weighted by Gasteiger charge is -2.20. The monoisotopic (exact) mass is 311 g/mol. The number of hydrogen-bond acceptors (Lipinski definition) is 2. The molecule has 0 aliphatic carbocycles. The van der Waals surface area contributed by atoms with Crippen molar-refractivity contribution < 1.29 is 4.79 Å². The smallest absolute Gasteiger partial charge is 0.253 e. The zero-order valence-corrected chi connectivity index (χ0v) is 14.0. The lowest BCUT2D eigenvalue weighted by Crippen LogP contribution is -2.15. The number of carbonyl (C=O) groups is 1. The van der Waals surface area contributed by atoms with Crippen LogP contribution < -0.4 is 0 Å². The summed E-state index contributed by atoms with van der Waals surface area (Å²) in [7, 11) is 0. The van der Waals surface area contributed by atoms with Gasteiger partial charge in [-0.3, -0.25) is 9.78 Å². The van der Waals surface area contributed by atoms with Crippen LogP contribution >= 0.6 is 11.6 Å². The van der Waals surface area contributed by atoms with Gasteiger partial charge in [0.15, 0.2) is 0 Å². The molecule has 0 radical (unpaired) electrons. The number of nitrogens with zero attached hydrogens (tertiary/aromatic N) is 1. The van der Waals surface area contributed by atoms with Gasteiger partial charge in [0.1, 0.15) is 0 Å². The van der Waals surface area contributed by atoms with E-state index in [0.717, 1.165) is 32.9 Å². The first-order chi connectivity index (χ1) is 10.3. The molecule has 3 heteroatoms. The minimum atomic E-state index is -0.437. The van der Waals surface area contributed by atoms with Crippen molar-refractivity contribution in [3.63, 3.8) is 0 Å². The summed E-state index contributed by atoms with van der Waals surface area (Å²) >= 11 is 5.84. The maximum absolute atomic E-state index is 11.9. The van der Waals surface area contributed by atoms with Crippen molar-refractivity contribution >= 4 is 38.5 Å². The van der Waals surface area contributed by atoms with Gasteiger partial charge in [0.2, 0.25) is 0 Å². The van der Waals surface area contributed by atoms with Crippen molar-refractivity contribution in [1.29, 1.82) is 0 Å². The molecule has 3 rings (SSSR count). The molecule has 1 heterocycles. The molecule has 0 aliphatic rings. The van der Waals surface area contributed by atoms with Gasteiger partial charge in [0.25, 0.3) is 5.24 Å². The normalized spacial score (nSPS) is 12.0. The van der Waals surface area contributed by atoms with E-state index in [1.807, 2.05) is 37.3 Å². The van der Waals surface area contributed by atoms with Gasteiger partial charge in [-0.25, -0.2) is 0 Å². The van der Waals surface area contributed by atoms with Crippen LogP contribution in [0.5, 0.6) is 0 Å². The molecule has 2 nitrogen and oxygen atoms in total. The number of carbonyl (C=O) groups excluding carboxylic acids is 1. The highest BCUT2D eigenvalue weighted by molar-refractivity contribution is 6.68. The number of benzene rings is 2. The zero-order chi connectivity index (χ0) is 16.1. The van der Waals surface area contributed by atoms with Crippen LogP contribution in [0.15, 0.2) is 36.4 Å². The lowest BCUT2D eigenvalue weighted by atomic mass is 9.89. The number of aromatic nitrogens is 1. The van der Waals surface area contributed by atoms with Gasteiger partial charge in [-0.2, -0.15) is 0 Å². The number of fused-ring (bicyclic) bond motifs is 3. The first-order valence-electron chi connectivity index (χ1n) is 7.32.